The summed E-state index contributed by atoms with van der Waals surface area (Å²) in [5, 5.41) is 16.7. The van der Waals surface area contributed by atoms with Crippen LogP contribution in [-0.4, -0.2) is 25.7 Å². The van der Waals surface area contributed by atoms with Gasteiger partial charge in [-0.05, 0) is 24.5 Å². The fourth-order valence-electron chi connectivity index (χ4n) is 2.59. The molecule has 1 aromatic carbocycles. The van der Waals surface area contributed by atoms with Gasteiger partial charge in [0, 0.05) is 11.5 Å². The first kappa shape index (κ1) is 11.8. The summed E-state index contributed by atoms with van der Waals surface area (Å²) in [5.41, 5.74) is 1.85. The first-order valence-corrected chi connectivity index (χ1v) is 6.11. The molecule has 0 spiro atoms. The summed E-state index contributed by atoms with van der Waals surface area (Å²) in [4.78, 5) is 3.89. The molecule has 0 fully saturated rings. The number of aromatic nitrogens is 3. The van der Waals surface area contributed by atoms with Crippen LogP contribution in [0.25, 0.3) is 0 Å². The average molecular weight is 260 g/mol. The van der Waals surface area contributed by atoms with Crippen LogP contribution in [0.5, 0.6) is 0 Å². The van der Waals surface area contributed by atoms with Crippen molar-refractivity contribution in [2.45, 2.75) is 19.4 Å². The highest BCUT2D eigenvalue weighted by Crippen LogP contribution is 2.28. The highest BCUT2D eigenvalue weighted by molar-refractivity contribution is 6.04. The van der Waals surface area contributed by atoms with E-state index in [1.807, 2.05) is 0 Å². The van der Waals surface area contributed by atoms with Gasteiger partial charge in [0.25, 0.3) is 0 Å². The molecule has 1 unspecified atom stereocenters. The maximum Gasteiger partial charge on any atom is 0.137 e. The standard InChI is InChI=1S/C13H13FN4O/c14-12-3-1-2-11-10(12)5-4-9(13(11)17-19)6-18-8-15-7-16-18/h1-3,7-9,19H,4-6H2/b17-13-. The molecule has 0 amide bonds. The maximum atomic E-state index is 13.7. The number of rotatable bonds is 2. The summed E-state index contributed by atoms with van der Waals surface area (Å²) in [7, 11) is 0. The minimum Gasteiger partial charge on any atom is -0.411 e. The van der Waals surface area contributed by atoms with E-state index in [2.05, 4.69) is 15.2 Å². The summed E-state index contributed by atoms with van der Waals surface area (Å²) in [6, 6.07) is 4.86. The van der Waals surface area contributed by atoms with Crippen molar-refractivity contribution in [2.24, 2.45) is 11.1 Å². The van der Waals surface area contributed by atoms with Crippen molar-refractivity contribution < 1.29 is 9.60 Å². The molecule has 0 radical (unpaired) electrons. The zero-order valence-electron chi connectivity index (χ0n) is 10.2. The molecule has 6 heteroatoms. The number of hydrogen-bond acceptors (Lipinski definition) is 4. The number of nitrogens with zero attached hydrogens (tertiary/aromatic N) is 4. The van der Waals surface area contributed by atoms with E-state index < -0.39 is 0 Å². The first-order valence-electron chi connectivity index (χ1n) is 6.11. The highest BCUT2D eigenvalue weighted by Gasteiger charge is 2.28. The lowest BCUT2D eigenvalue weighted by Gasteiger charge is -2.25. The van der Waals surface area contributed by atoms with Crippen molar-refractivity contribution in [1.82, 2.24) is 14.8 Å². The normalized spacial score (nSPS) is 20.5. The summed E-state index contributed by atoms with van der Waals surface area (Å²) in [6.45, 7) is 0.579. The van der Waals surface area contributed by atoms with Gasteiger partial charge in [-0.3, -0.25) is 4.68 Å². The molecule has 1 aliphatic rings. The molecule has 3 rings (SSSR count). The molecule has 5 nitrogen and oxygen atoms in total. The van der Waals surface area contributed by atoms with E-state index in [-0.39, 0.29) is 11.7 Å². The molecule has 0 saturated carbocycles. The van der Waals surface area contributed by atoms with Gasteiger partial charge in [-0.1, -0.05) is 17.3 Å². The van der Waals surface area contributed by atoms with Crippen molar-refractivity contribution in [3.05, 3.63) is 47.8 Å². The monoisotopic (exact) mass is 260 g/mol. The lowest BCUT2D eigenvalue weighted by molar-refractivity contribution is 0.311. The Kier molecular flexibility index (Phi) is 2.98. The van der Waals surface area contributed by atoms with Gasteiger partial charge in [-0.15, -0.1) is 0 Å². The molecule has 1 heterocycles. The van der Waals surface area contributed by atoms with Gasteiger partial charge < -0.3 is 5.21 Å². The Balaban J connectivity index is 1.94. The van der Waals surface area contributed by atoms with Crippen LogP contribution >= 0.6 is 0 Å². The Bertz CT molecular complexity index is 609. The van der Waals surface area contributed by atoms with Crippen molar-refractivity contribution in [3.8, 4) is 0 Å². The number of benzene rings is 1. The Labute approximate surface area is 109 Å². The third-order valence-corrected chi connectivity index (χ3v) is 3.51. The lowest BCUT2D eigenvalue weighted by Crippen LogP contribution is -2.28. The quantitative estimate of drug-likeness (QED) is 0.662. The van der Waals surface area contributed by atoms with Gasteiger partial charge in [0.2, 0.25) is 0 Å². The smallest absolute Gasteiger partial charge is 0.137 e. The molecule has 1 aliphatic carbocycles. The van der Waals surface area contributed by atoms with Gasteiger partial charge in [-0.2, -0.15) is 5.10 Å². The zero-order valence-corrected chi connectivity index (χ0v) is 10.2. The molecular formula is C13H13FN4O. The largest absolute Gasteiger partial charge is 0.411 e. The topological polar surface area (TPSA) is 63.3 Å². The highest BCUT2D eigenvalue weighted by atomic mass is 19.1. The van der Waals surface area contributed by atoms with E-state index >= 15 is 0 Å². The number of hydrogen-bond donors (Lipinski definition) is 1. The van der Waals surface area contributed by atoms with Gasteiger partial charge in [0.15, 0.2) is 0 Å². The fourth-order valence-corrected chi connectivity index (χ4v) is 2.59. The van der Waals surface area contributed by atoms with Crippen LogP contribution in [0.15, 0.2) is 36.0 Å². The van der Waals surface area contributed by atoms with Crippen molar-refractivity contribution in [3.63, 3.8) is 0 Å². The predicted octanol–water partition coefficient (Wildman–Crippen LogP) is 1.86. The Morgan fingerprint density at radius 1 is 1.47 bits per heavy atom. The van der Waals surface area contributed by atoms with Crippen molar-refractivity contribution in [1.29, 1.82) is 0 Å². The second-order valence-corrected chi connectivity index (χ2v) is 4.60. The molecule has 1 aromatic heterocycles. The van der Waals surface area contributed by atoms with Gasteiger partial charge in [0.05, 0.1) is 12.3 Å². The minimum absolute atomic E-state index is 0.0148. The van der Waals surface area contributed by atoms with Crippen LogP contribution in [-0.2, 0) is 13.0 Å². The predicted molar refractivity (Wildman–Crippen MR) is 66.6 cm³/mol. The fraction of sp³-hybridized carbons (Fsp3) is 0.308. The Morgan fingerprint density at radius 2 is 2.37 bits per heavy atom. The van der Waals surface area contributed by atoms with E-state index in [0.29, 0.717) is 29.8 Å². The van der Waals surface area contributed by atoms with Crippen LogP contribution < -0.4 is 0 Å². The Morgan fingerprint density at radius 3 is 3.11 bits per heavy atom. The Hall–Kier alpha value is -2.24. The second-order valence-electron chi connectivity index (χ2n) is 4.60. The van der Waals surface area contributed by atoms with Crippen molar-refractivity contribution >= 4 is 5.71 Å². The molecule has 98 valence electrons. The third kappa shape index (κ3) is 2.09. The summed E-state index contributed by atoms with van der Waals surface area (Å²) in [5.74, 6) is -0.223. The van der Waals surface area contributed by atoms with Gasteiger partial charge >= 0.3 is 0 Å². The van der Waals surface area contributed by atoms with Crippen LogP contribution in [0.4, 0.5) is 4.39 Å². The van der Waals surface area contributed by atoms with Crippen LogP contribution in [0, 0.1) is 11.7 Å². The van der Waals surface area contributed by atoms with Gasteiger partial charge in [-0.25, -0.2) is 9.37 Å². The van der Waals surface area contributed by atoms with Crippen LogP contribution in [0.1, 0.15) is 17.5 Å². The van der Waals surface area contributed by atoms with Crippen molar-refractivity contribution in [2.75, 3.05) is 0 Å². The lowest BCUT2D eigenvalue weighted by atomic mass is 9.82. The number of fused-ring (bicyclic) bond motifs is 1. The summed E-state index contributed by atoms with van der Waals surface area (Å²) < 4.78 is 15.4. The number of halogens is 1. The van der Waals surface area contributed by atoms with E-state index in [9.17, 15) is 9.60 Å². The summed E-state index contributed by atoms with van der Waals surface area (Å²) in [6.07, 6.45) is 4.45. The van der Waals surface area contributed by atoms with Gasteiger partial charge in [0.1, 0.15) is 18.5 Å². The molecule has 19 heavy (non-hydrogen) atoms. The zero-order chi connectivity index (χ0) is 13.2. The van der Waals surface area contributed by atoms with Crippen LogP contribution in [0.2, 0.25) is 0 Å². The number of oxime groups is 1. The first-order chi connectivity index (χ1) is 9.29. The van der Waals surface area contributed by atoms with E-state index in [1.54, 1.807) is 23.1 Å². The maximum absolute atomic E-state index is 13.7. The molecule has 1 atom stereocenters. The molecule has 1 N–H and O–H groups in total. The van der Waals surface area contributed by atoms with E-state index in [4.69, 9.17) is 0 Å². The van der Waals surface area contributed by atoms with Crippen LogP contribution in [0.3, 0.4) is 0 Å². The summed E-state index contributed by atoms with van der Waals surface area (Å²) >= 11 is 0. The van der Waals surface area contributed by atoms with E-state index in [1.165, 1.54) is 12.4 Å². The molecule has 0 aliphatic heterocycles. The molecule has 0 saturated heterocycles. The molecule has 2 aromatic rings. The average Bonchev–Trinajstić information content (AvgIpc) is 2.92. The molecule has 0 bridgehead atoms. The second kappa shape index (κ2) is 4.79. The van der Waals surface area contributed by atoms with E-state index in [0.717, 1.165) is 6.42 Å². The SMILES string of the molecule is O/N=C1\c2cccc(F)c2CCC1Cn1cncn1. The third-order valence-electron chi connectivity index (χ3n) is 3.51. The molecular weight excluding hydrogens is 247 g/mol. The minimum atomic E-state index is -0.238.